The number of aromatic nitrogens is 2. The van der Waals surface area contributed by atoms with Crippen molar-refractivity contribution in [2.24, 2.45) is 0 Å². The lowest BCUT2D eigenvalue weighted by Crippen LogP contribution is -2.41. The highest BCUT2D eigenvalue weighted by Gasteiger charge is 2.13. The summed E-state index contributed by atoms with van der Waals surface area (Å²) in [5.41, 5.74) is 7.44. The van der Waals surface area contributed by atoms with E-state index in [2.05, 4.69) is 151 Å². The van der Waals surface area contributed by atoms with Gasteiger partial charge in [-0.15, -0.1) is 10.2 Å². The molecule has 2 amide bonds. The average Bonchev–Trinajstić information content (AvgIpc) is 3.53. The number of amides is 2. The second kappa shape index (κ2) is 19.8. The average molecular weight is 1180 g/mol. The molecule has 0 fully saturated rings. The summed E-state index contributed by atoms with van der Waals surface area (Å²) in [5.74, 6) is 1.56. The second-order valence-electron chi connectivity index (χ2n) is 9.00. The van der Waals surface area contributed by atoms with Crippen LogP contribution >= 0.6 is 129 Å². The van der Waals surface area contributed by atoms with Gasteiger partial charge in [0.05, 0.1) is 14.2 Å². The van der Waals surface area contributed by atoms with Crippen LogP contribution in [0.1, 0.15) is 20.7 Å². The van der Waals surface area contributed by atoms with Crippen LogP contribution in [0.15, 0.2) is 89.3 Å². The molecule has 0 aliphatic carbocycles. The van der Waals surface area contributed by atoms with Gasteiger partial charge in [0, 0.05) is 36.5 Å². The Morgan fingerprint density at radius 1 is 0.646 bits per heavy atom. The number of nitrogens with one attached hydrogen (secondary N) is 2. The number of benzene rings is 4. The Balaban J connectivity index is 0.000000229. The quantitative estimate of drug-likeness (QED) is 0.0976. The maximum Gasteiger partial charge on any atom is 0.339 e. The number of carbonyl (C=O) groups is 2. The Labute approximate surface area is 345 Å². The molecule has 5 aromatic rings. The first-order chi connectivity index (χ1) is 22.6. The zero-order chi connectivity index (χ0) is 35.4. The van der Waals surface area contributed by atoms with E-state index in [1.165, 1.54) is 7.11 Å². The minimum atomic E-state index is -3.22. The first-order valence-electron chi connectivity index (χ1n) is 13.0. The summed E-state index contributed by atoms with van der Waals surface area (Å²) < 4.78 is 29.7. The van der Waals surface area contributed by atoms with Gasteiger partial charge in [0.15, 0.2) is 0 Å². The van der Waals surface area contributed by atoms with Gasteiger partial charge in [-0.25, -0.2) is 0 Å². The molecule has 0 atom stereocenters. The second-order valence-corrected chi connectivity index (χ2v) is 20.6. The standard InChI is InChI=1S/C15H12I2N2O3.C15H10I2N2O2.Cl3OP/c1-22-13-4-2-3-9(7-13)14(20)18-19-15(21)10-5-11(16)8-12(17)6-10;1-20-13-4-2-3-9(7-13)14-18-19-15(21-14)10-5-11(16)8-12(17)6-10;1-5(2,3)4/h2-8H,1H3,(H,18,20)(H,19,21);2-8H,1H3;. The minimum absolute atomic E-state index is 0.368. The van der Waals surface area contributed by atoms with Gasteiger partial charge >= 0.3 is 5.20 Å². The molecular formula is C30H22Cl3I4N4O6P. The number of hydrogen-bond donors (Lipinski definition) is 2. The van der Waals surface area contributed by atoms with Crippen molar-refractivity contribution >= 4 is 141 Å². The first kappa shape index (κ1) is 41.0. The van der Waals surface area contributed by atoms with E-state index < -0.39 is 11.1 Å². The summed E-state index contributed by atoms with van der Waals surface area (Å²) in [5, 5.41) is 5.03. The van der Waals surface area contributed by atoms with Crippen LogP contribution in [0.2, 0.25) is 0 Å². The fraction of sp³-hybridized carbons (Fsp3) is 0.0667. The Kier molecular flexibility index (Phi) is 16.9. The highest BCUT2D eigenvalue weighted by atomic mass is 127. The molecule has 5 rings (SSSR count). The molecule has 0 bridgehead atoms. The lowest BCUT2D eigenvalue weighted by Gasteiger charge is -2.09. The molecule has 10 nitrogen and oxygen atoms in total. The van der Waals surface area contributed by atoms with E-state index in [4.69, 9.17) is 13.9 Å². The van der Waals surface area contributed by atoms with E-state index in [1.54, 1.807) is 43.5 Å². The Morgan fingerprint density at radius 3 is 1.60 bits per heavy atom. The third-order valence-corrected chi connectivity index (χ3v) is 8.09. The lowest BCUT2D eigenvalue weighted by atomic mass is 10.2. The number of hydrazine groups is 1. The number of methoxy groups -OCH3 is 2. The Morgan fingerprint density at radius 2 is 1.08 bits per heavy atom. The monoisotopic (exact) mass is 1180 g/mol. The summed E-state index contributed by atoms with van der Waals surface area (Å²) in [6.07, 6.45) is 0. The van der Waals surface area contributed by atoms with E-state index in [1.807, 2.05) is 42.5 Å². The van der Waals surface area contributed by atoms with Gasteiger partial charge < -0.3 is 13.9 Å². The van der Waals surface area contributed by atoms with Crippen molar-refractivity contribution in [3.05, 3.63) is 110 Å². The smallest absolute Gasteiger partial charge is 0.339 e. The number of halogens is 7. The SMILES string of the molecule is COc1cccc(-c2nnc(-c3cc(I)cc(I)c3)o2)c1.COc1cccc(C(=O)NNC(=O)c2cc(I)cc(I)c2)c1.O=P(Cl)(Cl)Cl. The fourth-order valence-corrected chi connectivity index (χ4v) is 7.47. The van der Waals surface area contributed by atoms with Crippen LogP contribution < -0.4 is 20.3 Å². The summed E-state index contributed by atoms with van der Waals surface area (Å²) in [7, 11) is 3.16. The van der Waals surface area contributed by atoms with Gasteiger partial charge in [-0.3, -0.25) is 25.0 Å². The Hall–Kier alpha value is -1.42. The first-order valence-corrected chi connectivity index (χ1v) is 21.7. The largest absolute Gasteiger partial charge is 0.497 e. The molecule has 0 saturated heterocycles. The van der Waals surface area contributed by atoms with E-state index in [0.29, 0.717) is 28.7 Å². The maximum absolute atomic E-state index is 12.1. The molecule has 1 heterocycles. The molecule has 0 spiro atoms. The van der Waals surface area contributed by atoms with Gasteiger partial charge in [0.1, 0.15) is 11.5 Å². The predicted molar refractivity (Wildman–Crippen MR) is 222 cm³/mol. The molecule has 1 aromatic heterocycles. The highest BCUT2D eigenvalue weighted by Crippen LogP contribution is 2.61. The van der Waals surface area contributed by atoms with Crippen LogP contribution in [-0.4, -0.2) is 36.2 Å². The highest BCUT2D eigenvalue weighted by molar-refractivity contribution is 14.1. The van der Waals surface area contributed by atoms with Crippen molar-refractivity contribution in [1.82, 2.24) is 21.0 Å². The van der Waals surface area contributed by atoms with Crippen molar-refractivity contribution in [3.63, 3.8) is 0 Å². The summed E-state index contributed by atoms with van der Waals surface area (Å²) in [6, 6.07) is 25.8. The van der Waals surface area contributed by atoms with Crippen LogP contribution in [0.4, 0.5) is 0 Å². The number of rotatable bonds is 6. The van der Waals surface area contributed by atoms with Crippen molar-refractivity contribution in [3.8, 4) is 34.4 Å². The molecule has 4 aromatic carbocycles. The number of hydrogen-bond acceptors (Lipinski definition) is 8. The number of ether oxygens (including phenoxy) is 2. The summed E-state index contributed by atoms with van der Waals surface area (Å²) in [4.78, 5) is 24.0. The topological polar surface area (TPSA) is 133 Å². The van der Waals surface area contributed by atoms with E-state index in [0.717, 1.165) is 31.2 Å². The van der Waals surface area contributed by atoms with Crippen molar-refractivity contribution in [1.29, 1.82) is 0 Å². The van der Waals surface area contributed by atoms with E-state index in [9.17, 15) is 14.2 Å². The molecule has 0 aliphatic heterocycles. The molecule has 0 aliphatic rings. The molecule has 0 saturated carbocycles. The molecule has 0 radical (unpaired) electrons. The van der Waals surface area contributed by atoms with Crippen LogP contribution in [0.3, 0.4) is 0 Å². The zero-order valence-corrected chi connectivity index (χ0v) is 36.3. The van der Waals surface area contributed by atoms with Gasteiger partial charge in [-0.05, 0) is 197 Å². The molecule has 2 N–H and O–H groups in total. The van der Waals surface area contributed by atoms with Gasteiger partial charge in [0.2, 0.25) is 11.8 Å². The van der Waals surface area contributed by atoms with E-state index in [-0.39, 0.29) is 5.91 Å². The third kappa shape index (κ3) is 14.4. The molecule has 0 unspecified atom stereocenters. The summed E-state index contributed by atoms with van der Waals surface area (Å²) >= 11 is 22.7. The van der Waals surface area contributed by atoms with Gasteiger partial charge in [-0.2, -0.15) is 0 Å². The van der Waals surface area contributed by atoms with Crippen LogP contribution in [-0.2, 0) is 4.57 Å². The van der Waals surface area contributed by atoms with Gasteiger partial charge in [-0.1, -0.05) is 12.1 Å². The fourth-order valence-electron chi connectivity index (χ4n) is 3.60. The molecule has 18 heteroatoms. The molecule has 48 heavy (non-hydrogen) atoms. The summed E-state index contributed by atoms with van der Waals surface area (Å²) in [6.45, 7) is 0. The molecule has 252 valence electrons. The van der Waals surface area contributed by atoms with Crippen molar-refractivity contribution in [2.75, 3.05) is 14.2 Å². The number of carbonyl (C=O) groups excluding carboxylic acids is 2. The third-order valence-electron chi connectivity index (χ3n) is 5.60. The normalized spacial score (nSPS) is 10.4. The van der Waals surface area contributed by atoms with Crippen LogP contribution in [0.25, 0.3) is 22.9 Å². The predicted octanol–water partition coefficient (Wildman–Crippen LogP) is 10.4. The van der Waals surface area contributed by atoms with Gasteiger partial charge in [0.25, 0.3) is 11.8 Å². The van der Waals surface area contributed by atoms with E-state index >= 15 is 0 Å². The zero-order valence-electron chi connectivity index (χ0n) is 24.5. The minimum Gasteiger partial charge on any atom is -0.497 e. The van der Waals surface area contributed by atoms with Crippen molar-refractivity contribution < 1.29 is 28.0 Å². The lowest BCUT2D eigenvalue weighted by molar-refractivity contribution is 0.0846. The van der Waals surface area contributed by atoms with Crippen LogP contribution in [0.5, 0.6) is 11.5 Å². The van der Waals surface area contributed by atoms with Crippen LogP contribution in [0, 0.1) is 14.3 Å². The molecular weight excluding hydrogens is 1160 g/mol. The maximum atomic E-state index is 12.1. The number of nitrogens with zero attached hydrogens (tertiary/aromatic N) is 2. The Bertz CT molecular complexity index is 1900. The van der Waals surface area contributed by atoms with Crippen molar-refractivity contribution in [2.45, 2.75) is 0 Å².